The maximum Gasteiger partial charge on any atom is 0.168 e. The molecule has 1 aliphatic carbocycles. The average Bonchev–Trinajstić information content (AvgIpc) is 1.84. The van der Waals surface area contributed by atoms with Crippen LogP contribution in [-0.4, -0.2) is 11.6 Å². The monoisotopic (exact) mass is 152 g/mol. The Morgan fingerprint density at radius 2 is 1.91 bits per heavy atom. The van der Waals surface area contributed by atoms with Gasteiger partial charge in [0.1, 0.15) is 5.78 Å². The van der Waals surface area contributed by atoms with E-state index in [0.717, 1.165) is 5.57 Å². The van der Waals surface area contributed by atoms with Gasteiger partial charge in [-0.25, -0.2) is 0 Å². The van der Waals surface area contributed by atoms with Crippen LogP contribution in [0.2, 0.25) is 0 Å². The maximum absolute atomic E-state index is 11.3. The zero-order chi connectivity index (χ0) is 8.65. The average molecular weight is 152 g/mol. The van der Waals surface area contributed by atoms with Crippen LogP contribution < -0.4 is 0 Å². The highest BCUT2D eigenvalue weighted by atomic mass is 16.2. The van der Waals surface area contributed by atoms with Crippen molar-refractivity contribution in [1.82, 2.24) is 0 Å². The summed E-state index contributed by atoms with van der Waals surface area (Å²) in [5, 5.41) is 0. The topological polar surface area (TPSA) is 34.1 Å². The molecule has 1 aliphatic rings. The van der Waals surface area contributed by atoms with E-state index in [1.54, 1.807) is 19.9 Å². The van der Waals surface area contributed by atoms with Crippen molar-refractivity contribution >= 4 is 11.6 Å². The fourth-order valence-electron chi connectivity index (χ4n) is 1.07. The number of hydrogen-bond acceptors (Lipinski definition) is 2. The fourth-order valence-corrected chi connectivity index (χ4v) is 1.07. The molecule has 11 heavy (non-hydrogen) atoms. The molecule has 0 atom stereocenters. The van der Waals surface area contributed by atoms with Crippen LogP contribution in [0.3, 0.4) is 0 Å². The first-order valence-corrected chi connectivity index (χ1v) is 3.69. The van der Waals surface area contributed by atoms with Crippen molar-refractivity contribution in [3.8, 4) is 0 Å². The number of Topliss-reactive ketones (excluding diaryl/α,β-unsaturated/α-hetero) is 1. The van der Waals surface area contributed by atoms with E-state index in [9.17, 15) is 9.59 Å². The summed E-state index contributed by atoms with van der Waals surface area (Å²) in [6.07, 6.45) is 2.00. The number of carbonyl (C=O) groups excluding carboxylic acids is 2. The number of hydrogen-bond donors (Lipinski definition) is 0. The quantitative estimate of drug-likeness (QED) is 0.493. The SMILES string of the molecule is CC1=CC(=O)C(C)(C)C(=O)C1. The summed E-state index contributed by atoms with van der Waals surface area (Å²) in [6, 6.07) is 0. The summed E-state index contributed by atoms with van der Waals surface area (Å²) in [5.41, 5.74) is 0.0961. The summed E-state index contributed by atoms with van der Waals surface area (Å²) in [6.45, 7) is 5.17. The first-order chi connectivity index (χ1) is 4.94. The molecule has 0 aromatic carbocycles. The highest BCUT2D eigenvalue weighted by Gasteiger charge is 2.36. The molecule has 0 spiro atoms. The smallest absolute Gasteiger partial charge is 0.168 e. The Kier molecular flexibility index (Phi) is 1.70. The molecule has 2 heteroatoms. The Morgan fingerprint density at radius 3 is 2.36 bits per heavy atom. The molecule has 0 N–H and O–H groups in total. The van der Waals surface area contributed by atoms with Crippen molar-refractivity contribution in [3.63, 3.8) is 0 Å². The summed E-state index contributed by atoms with van der Waals surface area (Å²) in [7, 11) is 0. The minimum atomic E-state index is -0.778. The minimum absolute atomic E-state index is 0.0301. The molecule has 0 heterocycles. The summed E-state index contributed by atoms with van der Waals surface area (Å²) >= 11 is 0. The highest BCUT2D eigenvalue weighted by Crippen LogP contribution is 2.27. The molecule has 0 aromatic rings. The lowest BCUT2D eigenvalue weighted by Gasteiger charge is -2.24. The van der Waals surface area contributed by atoms with Crippen LogP contribution in [0.25, 0.3) is 0 Å². The van der Waals surface area contributed by atoms with Gasteiger partial charge in [0.25, 0.3) is 0 Å². The molecule has 0 saturated carbocycles. The van der Waals surface area contributed by atoms with Crippen LogP contribution in [0.1, 0.15) is 27.2 Å². The van der Waals surface area contributed by atoms with E-state index in [0.29, 0.717) is 6.42 Å². The van der Waals surface area contributed by atoms with E-state index in [2.05, 4.69) is 0 Å². The summed E-state index contributed by atoms with van der Waals surface area (Å²) < 4.78 is 0. The Bertz CT molecular complexity index is 246. The van der Waals surface area contributed by atoms with Crippen molar-refractivity contribution < 1.29 is 9.59 Å². The molecule has 0 aliphatic heterocycles. The van der Waals surface area contributed by atoms with Crippen LogP contribution >= 0.6 is 0 Å². The van der Waals surface area contributed by atoms with Gasteiger partial charge in [0, 0.05) is 6.42 Å². The molecule has 1 rings (SSSR count). The van der Waals surface area contributed by atoms with Gasteiger partial charge in [-0.3, -0.25) is 9.59 Å². The van der Waals surface area contributed by atoms with Crippen molar-refractivity contribution in [2.24, 2.45) is 5.41 Å². The molecule has 0 radical (unpaired) electrons. The fraction of sp³-hybridized carbons (Fsp3) is 0.556. The number of allylic oxidation sites excluding steroid dienone is 2. The van der Waals surface area contributed by atoms with E-state index in [4.69, 9.17) is 0 Å². The van der Waals surface area contributed by atoms with Gasteiger partial charge in [-0.2, -0.15) is 0 Å². The van der Waals surface area contributed by atoms with Crippen LogP contribution in [0.4, 0.5) is 0 Å². The second-order valence-electron chi connectivity index (χ2n) is 3.58. The Morgan fingerprint density at radius 1 is 1.36 bits per heavy atom. The van der Waals surface area contributed by atoms with Gasteiger partial charge in [-0.05, 0) is 26.8 Å². The molecule has 2 nitrogen and oxygen atoms in total. The van der Waals surface area contributed by atoms with Gasteiger partial charge in [0.05, 0.1) is 5.41 Å². The second kappa shape index (κ2) is 2.29. The van der Waals surface area contributed by atoms with Gasteiger partial charge in [0.2, 0.25) is 0 Å². The molecule has 0 unspecified atom stereocenters. The van der Waals surface area contributed by atoms with E-state index in [1.165, 1.54) is 0 Å². The summed E-state index contributed by atoms with van der Waals surface area (Å²) in [4.78, 5) is 22.5. The number of rotatable bonds is 0. The van der Waals surface area contributed by atoms with Crippen molar-refractivity contribution in [2.75, 3.05) is 0 Å². The van der Waals surface area contributed by atoms with Crippen LogP contribution in [0, 0.1) is 5.41 Å². The Hall–Kier alpha value is -0.920. The van der Waals surface area contributed by atoms with Crippen LogP contribution in [0.5, 0.6) is 0 Å². The molecule has 0 amide bonds. The maximum atomic E-state index is 11.3. The highest BCUT2D eigenvalue weighted by molar-refractivity contribution is 6.14. The number of ketones is 2. The largest absolute Gasteiger partial charge is 0.298 e. The first kappa shape index (κ1) is 8.18. The second-order valence-corrected chi connectivity index (χ2v) is 3.58. The van der Waals surface area contributed by atoms with E-state index in [-0.39, 0.29) is 11.6 Å². The lowest BCUT2D eigenvalue weighted by atomic mass is 9.76. The van der Waals surface area contributed by atoms with Crippen molar-refractivity contribution in [2.45, 2.75) is 27.2 Å². The lowest BCUT2D eigenvalue weighted by Crippen LogP contribution is -2.35. The van der Waals surface area contributed by atoms with E-state index < -0.39 is 5.41 Å². The van der Waals surface area contributed by atoms with Gasteiger partial charge in [-0.15, -0.1) is 0 Å². The van der Waals surface area contributed by atoms with E-state index in [1.807, 2.05) is 6.92 Å². The molecule has 0 saturated heterocycles. The van der Waals surface area contributed by atoms with Crippen LogP contribution in [0.15, 0.2) is 11.6 Å². The molecular formula is C9H12O2. The zero-order valence-corrected chi connectivity index (χ0v) is 7.10. The predicted octanol–water partition coefficient (Wildman–Crippen LogP) is 1.50. The Balaban J connectivity index is 3.06. The van der Waals surface area contributed by atoms with Crippen LogP contribution in [-0.2, 0) is 9.59 Å². The lowest BCUT2D eigenvalue weighted by molar-refractivity contribution is -0.136. The third-order valence-corrected chi connectivity index (χ3v) is 2.13. The summed E-state index contributed by atoms with van der Waals surface area (Å²) in [5.74, 6) is -0.0336. The minimum Gasteiger partial charge on any atom is -0.298 e. The standard InChI is InChI=1S/C9H12O2/c1-6-4-7(10)9(2,3)8(11)5-6/h4H,5H2,1-3H3. The molecular weight excluding hydrogens is 140 g/mol. The molecule has 0 bridgehead atoms. The Labute approximate surface area is 66.3 Å². The van der Waals surface area contributed by atoms with Crippen molar-refractivity contribution in [3.05, 3.63) is 11.6 Å². The zero-order valence-electron chi connectivity index (χ0n) is 7.10. The van der Waals surface area contributed by atoms with Gasteiger partial charge in [-0.1, -0.05) is 5.57 Å². The van der Waals surface area contributed by atoms with Gasteiger partial charge in [0.15, 0.2) is 5.78 Å². The molecule has 60 valence electrons. The van der Waals surface area contributed by atoms with Crippen molar-refractivity contribution in [1.29, 1.82) is 0 Å². The first-order valence-electron chi connectivity index (χ1n) is 3.69. The number of carbonyl (C=O) groups is 2. The third-order valence-electron chi connectivity index (χ3n) is 2.13. The third kappa shape index (κ3) is 1.25. The van der Waals surface area contributed by atoms with Gasteiger partial charge >= 0.3 is 0 Å². The normalized spacial score (nSPS) is 23.4. The van der Waals surface area contributed by atoms with E-state index >= 15 is 0 Å². The molecule has 0 fully saturated rings. The molecule has 0 aromatic heterocycles. The predicted molar refractivity (Wildman–Crippen MR) is 42.2 cm³/mol. The van der Waals surface area contributed by atoms with Gasteiger partial charge < -0.3 is 0 Å².